The van der Waals surface area contributed by atoms with E-state index in [1.807, 2.05) is 6.07 Å². The number of benzene rings is 1. The molecule has 0 radical (unpaired) electrons. The molecule has 18 heavy (non-hydrogen) atoms. The molecule has 1 heterocycles. The Kier molecular flexibility index (Phi) is 3.77. The van der Waals surface area contributed by atoms with Gasteiger partial charge in [0.15, 0.2) is 5.78 Å². The van der Waals surface area contributed by atoms with Crippen LogP contribution in [0.25, 0.3) is 0 Å². The molecule has 0 bridgehead atoms. The molecule has 0 N–H and O–H groups in total. The number of Topliss-reactive ketones (excluding diaryl/α,β-unsaturated/α-hetero) is 1. The van der Waals surface area contributed by atoms with Gasteiger partial charge in [-0.2, -0.15) is 0 Å². The summed E-state index contributed by atoms with van der Waals surface area (Å²) in [5.41, 5.74) is 0.533. The number of esters is 1. The van der Waals surface area contributed by atoms with Crippen LogP contribution < -0.4 is 4.74 Å². The predicted molar refractivity (Wildman–Crippen MR) is 65.5 cm³/mol. The van der Waals surface area contributed by atoms with Gasteiger partial charge in [-0.1, -0.05) is 24.8 Å². The molecule has 0 saturated heterocycles. The van der Waals surface area contributed by atoms with Crippen molar-refractivity contribution in [3.63, 3.8) is 0 Å². The first kappa shape index (κ1) is 12.4. The first-order chi connectivity index (χ1) is 8.72. The van der Waals surface area contributed by atoms with Crippen LogP contribution in [-0.2, 0) is 9.53 Å². The van der Waals surface area contributed by atoms with Gasteiger partial charge in [-0.05, 0) is 12.1 Å². The molecule has 2 rings (SSSR count). The summed E-state index contributed by atoms with van der Waals surface area (Å²) in [5.74, 6) is -0.348. The number of rotatable bonds is 4. The summed E-state index contributed by atoms with van der Waals surface area (Å²) in [6.45, 7) is 3.84. The van der Waals surface area contributed by atoms with Gasteiger partial charge in [0, 0.05) is 0 Å². The van der Waals surface area contributed by atoms with Crippen LogP contribution in [0.3, 0.4) is 0 Å². The molecule has 4 nitrogen and oxygen atoms in total. The van der Waals surface area contributed by atoms with Crippen molar-refractivity contribution in [1.29, 1.82) is 0 Å². The first-order valence-corrected chi connectivity index (χ1v) is 5.75. The zero-order valence-electron chi connectivity index (χ0n) is 9.93. The maximum absolute atomic E-state index is 12.1. The summed E-state index contributed by atoms with van der Waals surface area (Å²) in [7, 11) is 0. The second-order valence-electron chi connectivity index (χ2n) is 4.04. The lowest BCUT2D eigenvalue weighted by Crippen LogP contribution is -2.30. The smallest absolute Gasteiger partial charge is 0.306 e. The van der Waals surface area contributed by atoms with Crippen molar-refractivity contribution in [2.45, 2.75) is 6.42 Å². The Morgan fingerprint density at radius 1 is 1.50 bits per heavy atom. The summed E-state index contributed by atoms with van der Waals surface area (Å²) in [6.07, 6.45) is 1.54. The van der Waals surface area contributed by atoms with Crippen LogP contribution in [-0.4, -0.2) is 25.0 Å². The van der Waals surface area contributed by atoms with Crippen LogP contribution >= 0.6 is 0 Å². The summed E-state index contributed by atoms with van der Waals surface area (Å²) in [5, 5.41) is 0. The number of hydrogen-bond acceptors (Lipinski definition) is 4. The molecule has 0 fully saturated rings. The maximum atomic E-state index is 12.1. The highest BCUT2D eigenvalue weighted by Gasteiger charge is 2.30. The van der Waals surface area contributed by atoms with Crippen molar-refractivity contribution in [3.05, 3.63) is 42.5 Å². The third kappa shape index (κ3) is 2.59. The summed E-state index contributed by atoms with van der Waals surface area (Å²) in [4.78, 5) is 23.6. The van der Waals surface area contributed by atoms with E-state index in [1.165, 1.54) is 6.08 Å². The van der Waals surface area contributed by atoms with Gasteiger partial charge < -0.3 is 9.47 Å². The van der Waals surface area contributed by atoms with Crippen molar-refractivity contribution in [1.82, 2.24) is 0 Å². The fraction of sp³-hybridized carbons (Fsp3) is 0.286. The molecule has 0 aliphatic carbocycles. The number of hydrogen-bond donors (Lipinski definition) is 0. The summed E-state index contributed by atoms with van der Waals surface area (Å²) < 4.78 is 10.3. The molecule has 1 aromatic rings. The first-order valence-electron chi connectivity index (χ1n) is 5.75. The molecule has 0 unspecified atom stereocenters. The normalized spacial score (nSPS) is 17.6. The van der Waals surface area contributed by atoms with E-state index < -0.39 is 11.9 Å². The number of carbonyl (C=O) groups is 2. The van der Waals surface area contributed by atoms with Gasteiger partial charge >= 0.3 is 5.97 Å². The predicted octanol–water partition coefficient (Wildman–Crippen LogP) is 2.00. The third-order valence-corrected chi connectivity index (χ3v) is 2.74. The summed E-state index contributed by atoms with van der Waals surface area (Å²) >= 11 is 0. The Hall–Kier alpha value is -2.10. The zero-order chi connectivity index (χ0) is 13.0. The molecule has 94 valence electrons. The van der Waals surface area contributed by atoms with Crippen LogP contribution in [0.5, 0.6) is 5.75 Å². The topological polar surface area (TPSA) is 52.6 Å². The quantitative estimate of drug-likeness (QED) is 0.602. The van der Waals surface area contributed by atoms with E-state index in [9.17, 15) is 9.59 Å². The lowest BCUT2D eigenvalue weighted by Gasteiger charge is -2.23. The largest absolute Gasteiger partial charge is 0.492 e. The van der Waals surface area contributed by atoms with Crippen LogP contribution in [0.1, 0.15) is 16.8 Å². The van der Waals surface area contributed by atoms with E-state index in [1.54, 1.807) is 18.2 Å². The van der Waals surface area contributed by atoms with E-state index in [2.05, 4.69) is 6.58 Å². The third-order valence-electron chi connectivity index (χ3n) is 2.74. The van der Waals surface area contributed by atoms with Gasteiger partial charge in [0.05, 0.1) is 24.5 Å². The van der Waals surface area contributed by atoms with Crippen molar-refractivity contribution in [3.8, 4) is 5.75 Å². The van der Waals surface area contributed by atoms with Crippen LogP contribution in [0.2, 0.25) is 0 Å². The van der Waals surface area contributed by atoms with E-state index >= 15 is 0 Å². The Balaban J connectivity index is 2.03. The van der Waals surface area contributed by atoms with Gasteiger partial charge in [0.1, 0.15) is 12.4 Å². The Morgan fingerprint density at radius 3 is 3.06 bits per heavy atom. The second kappa shape index (κ2) is 5.49. The van der Waals surface area contributed by atoms with Gasteiger partial charge in [-0.25, -0.2) is 0 Å². The highest BCUT2D eigenvalue weighted by molar-refractivity contribution is 6.02. The molecular weight excluding hydrogens is 232 g/mol. The van der Waals surface area contributed by atoms with Crippen molar-refractivity contribution in [2.75, 3.05) is 13.2 Å². The number of ketones is 1. The lowest BCUT2D eigenvalue weighted by molar-refractivity contribution is -0.143. The minimum atomic E-state index is -0.461. The van der Waals surface area contributed by atoms with Gasteiger partial charge in [0.2, 0.25) is 0 Å². The number of fused-ring (bicyclic) bond motifs is 1. The van der Waals surface area contributed by atoms with Crippen molar-refractivity contribution < 1.29 is 19.1 Å². The molecule has 1 aliphatic rings. The SMILES string of the molecule is C=CCOC(=O)C[C@@H]1COc2ccccc2C1=O. The molecule has 0 aromatic heterocycles. The van der Waals surface area contributed by atoms with Crippen LogP contribution in [0, 0.1) is 5.92 Å². The summed E-state index contributed by atoms with van der Waals surface area (Å²) in [6, 6.07) is 7.04. The number of carbonyl (C=O) groups excluding carboxylic acids is 2. The van der Waals surface area contributed by atoms with Gasteiger partial charge in [0.25, 0.3) is 0 Å². The molecule has 1 aliphatic heterocycles. The average Bonchev–Trinajstić information content (AvgIpc) is 2.40. The van der Waals surface area contributed by atoms with Crippen molar-refractivity contribution in [2.24, 2.45) is 5.92 Å². The minimum absolute atomic E-state index is 0.0427. The van der Waals surface area contributed by atoms with Crippen molar-refractivity contribution >= 4 is 11.8 Å². The Labute approximate surface area is 105 Å². The molecule has 0 amide bonds. The molecule has 0 spiro atoms. The molecule has 1 aromatic carbocycles. The lowest BCUT2D eigenvalue weighted by atomic mass is 9.92. The van der Waals surface area contributed by atoms with E-state index in [-0.39, 0.29) is 25.4 Å². The highest BCUT2D eigenvalue weighted by atomic mass is 16.5. The highest BCUT2D eigenvalue weighted by Crippen LogP contribution is 2.28. The van der Waals surface area contributed by atoms with Gasteiger partial charge in [-0.15, -0.1) is 0 Å². The van der Waals surface area contributed by atoms with Crippen LogP contribution in [0.4, 0.5) is 0 Å². The molecule has 4 heteroatoms. The Bertz CT molecular complexity index is 478. The van der Waals surface area contributed by atoms with E-state index in [4.69, 9.17) is 9.47 Å². The average molecular weight is 246 g/mol. The molecule has 1 atom stereocenters. The standard InChI is InChI=1S/C14H14O4/c1-2-7-17-13(15)8-10-9-18-12-6-4-3-5-11(12)14(10)16/h2-6,10H,1,7-9H2/t10-/m1/s1. The zero-order valence-corrected chi connectivity index (χ0v) is 9.93. The van der Waals surface area contributed by atoms with E-state index in [0.717, 1.165) is 0 Å². The van der Waals surface area contributed by atoms with Crippen LogP contribution in [0.15, 0.2) is 36.9 Å². The fourth-order valence-electron chi connectivity index (χ4n) is 1.85. The Morgan fingerprint density at radius 2 is 2.28 bits per heavy atom. The second-order valence-corrected chi connectivity index (χ2v) is 4.04. The maximum Gasteiger partial charge on any atom is 0.306 e. The fourth-order valence-corrected chi connectivity index (χ4v) is 1.85. The molecule has 0 saturated carbocycles. The number of ether oxygens (including phenoxy) is 2. The molecular formula is C14H14O4. The van der Waals surface area contributed by atoms with E-state index in [0.29, 0.717) is 11.3 Å². The number of para-hydroxylation sites is 1. The van der Waals surface area contributed by atoms with Gasteiger partial charge in [-0.3, -0.25) is 9.59 Å². The minimum Gasteiger partial charge on any atom is -0.492 e. The monoisotopic (exact) mass is 246 g/mol.